The first-order valence-electron chi connectivity index (χ1n) is 14.7. The van der Waals surface area contributed by atoms with Gasteiger partial charge in [0.25, 0.3) is 5.56 Å². The van der Waals surface area contributed by atoms with Crippen LogP contribution < -0.4 is 21.1 Å². The lowest BCUT2D eigenvalue weighted by Gasteiger charge is -2.34. The van der Waals surface area contributed by atoms with Crippen LogP contribution in [0, 0.1) is 5.92 Å². The number of nitrogens with one attached hydrogen (secondary N) is 2. The van der Waals surface area contributed by atoms with Crippen LogP contribution in [-0.2, 0) is 18.3 Å². The summed E-state index contributed by atoms with van der Waals surface area (Å²) in [4.78, 5) is 38.2. The molecular weight excluding hydrogens is 506 g/mol. The van der Waals surface area contributed by atoms with Gasteiger partial charge in [0.15, 0.2) is 11.2 Å². The number of alkyl carbamates (subject to hydrolysis) is 1. The number of rotatable bonds is 7. The Labute approximate surface area is 236 Å². The van der Waals surface area contributed by atoms with Crippen molar-refractivity contribution in [3.63, 3.8) is 0 Å². The van der Waals surface area contributed by atoms with Crippen LogP contribution in [0.5, 0.6) is 0 Å². The summed E-state index contributed by atoms with van der Waals surface area (Å²) in [5.41, 5.74) is 1.34. The molecule has 1 aliphatic heterocycles. The first-order valence-corrected chi connectivity index (χ1v) is 14.7. The summed E-state index contributed by atoms with van der Waals surface area (Å²) < 4.78 is 9.09. The molecule has 1 unspecified atom stereocenters. The first kappa shape index (κ1) is 28.0. The zero-order valence-corrected chi connectivity index (χ0v) is 24.3. The van der Waals surface area contributed by atoms with Gasteiger partial charge in [-0.3, -0.25) is 13.9 Å². The molecule has 1 aliphatic carbocycles. The molecule has 1 saturated heterocycles. The first-order chi connectivity index (χ1) is 19.2. The van der Waals surface area contributed by atoms with Gasteiger partial charge in [-0.2, -0.15) is 9.97 Å². The summed E-state index contributed by atoms with van der Waals surface area (Å²) in [5.74, 6) is 1.86. The number of aromatic nitrogens is 4. The van der Waals surface area contributed by atoms with E-state index >= 15 is 0 Å². The fourth-order valence-electron chi connectivity index (χ4n) is 5.84. The lowest BCUT2D eigenvalue weighted by atomic mass is 9.89. The predicted molar refractivity (Wildman–Crippen MR) is 158 cm³/mol. The minimum atomic E-state index is -0.559. The summed E-state index contributed by atoms with van der Waals surface area (Å²) in [6, 6.07) is 10.0. The van der Waals surface area contributed by atoms with Gasteiger partial charge in [0.05, 0.1) is 6.54 Å². The molecule has 0 spiro atoms. The molecule has 2 aliphatic rings. The molecule has 10 heteroatoms. The van der Waals surface area contributed by atoms with Gasteiger partial charge in [0, 0.05) is 32.7 Å². The summed E-state index contributed by atoms with van der Waals surface area (Å²) >= 11 is 0. The van der Waals surface area contributed by atoms with Crippen LogP contribution in [0.25, 0.3) is 11.2 Å². The van der Waals surface area contributed by atoms with Gasteiger partial charge in [0.2, 0.25) is 11.9 Å². The number of amides is 1. The number of imidazole rings is 1. The molecule has 10 nitrogen and oxygen atoms in total. The third-order valence-corrected chi connectivity index (χ3v) is 7.85. The predicted octanol–water partition coefficient (Wildman–Crippen LogP) is 4.66. The number of anilines is 2. The smallest absolute Gasteiger partial charge is 0.407 e. The van der Waals surface area contributed by atoms with Crippen molar-refractivity contribution < 1.29 is 9.53 Å². The topological polar surface area (TPSA) is 106 Å². The fourth-order valence-corrected chi connectivity index (χ4v) is 5.84. The molecule has 2 N–H and O–H groups in total. The van der Waals surface area contributed by atoms with Crippen molar-refractivity contribution in [1.82, 2.24) is 24.4 Å². The van der Waals surface area contributed by atoms with Gasteiger partial charge in [0.1, 0.15) is 5.60 Å². The van der Waals surface area contributed by atoms with Crippen LogP contribution in [0.4, 0.5) is 16.7 Å². The van der Waals surface area contributed by atoms with Crippen molar-refractivity contribution in [2.24, 2.45) is 13.0 Å². The van der Waals surface area contributed by atoms with E-state index in [1.165, 1.54) is 32.1 Å². The molecule has 5 rings (SSSR count). The molecule has 3 heterocycles. The summed E-state index contributed by atoms with van der Waals surface area (Å²) in [5, 5.41) is 6.47. The van der Waals surface area contributed by atoms with E-state index < -0.39 is 11.7 Å². The highest BCUT2D eigenvalue weighted by Gasteiger charge is 2.29. The zero-order valence-electron chi connectivity index (χ0n) is 24.3. The number of hydrogen-bond donors (Lipinski definition) is 2. The SMILES string of the molecule is Cn1c(NCC2CCCCC2)nc2nc(N3CCCC(NC(=O)OC(C)(C)C)C3)n(Cc3ccccc3)c2c1=O. The van der Waals surface area contributed by atoms with Crippen molar-refractivity contribution in [3.05, 3.63) is 46.2 Å². The van der Waals surface area contributed by atoms with Gasteiger partial charge < -0.3 is 20.3 Å². The number of benzene rings is 1. The average molecular weight is 550 g/mol. The number of carbonyl (C=O) groups is 1. The van der Waals surface area contributed by atoms with Crippen LogP contribution in [0.1, 0.15) is 71.3 Å². The third kappa shape index (κ3) is 6.59. The Kier molecular flexibility index (Phi) is 8.32. The Morgan fingerprint density at radius 3 is 2.52 bits per heavy atom. The number of ether oxygens (including phenoxy) is 1. The Bertz CT molecular complexity index is 1370. The molecule has 0 radical (unpaired) electrons. The highest BCUT2D eigenvalue weighted by molar-refractivity contribution is 5.76. The molecule has 1 amide bonds. The second-order valence-electron chi connectivity index (χ2n) is 12.3. The number of carbonyl (C=O) groups excluding carboxylic acids is 1. The van der Waals surface area contributed by atoms with Crippen LogP contribution >= 0.6 is 0 Å². The highest BCUT2D eigenvalue weighted by Crippen LogP contribution is 2.27. The molecule has 1 aromatic carbocycles. The molecule has 216 valence electrons. The standard InChI is InChI=1S/C30H43N7O3/c1-30(2,3)40-29(39)32-23-16-11-17-36(20-23)28-34-25-24(37(28)19-22-14-9-6-10-15-22)26(38)35(4)27(33-25)31-18-21-12-7-5-8-13-21/h6,9-10,14-15,21,23H,5,7-8,11-13,16-20H2,1-4H3,(H,31,33)(H,32,39). The van der Waals surface area contributed by atoms with Gasteiger partial charge in [-0.05, 0) is 57.9 Å². The third-order valence-electron chi connectivity index (χ3n) is 7.85. The molecular formula is C30H43N7O3. The van der Waals surface area contributed by atoms with E-state index in [0.29, 0.717) is 42.1 Å². The number of fused-ring (bicyclic) bond motifs is 1. The minimum Gasteiger partial charge on any atom is -0.444 e. The Morgan fingerprint density at radius 1 is 1.05 bits per heavy atom. The second kappa shape index (κ2) is 11.9. The van der Waals surface area contributed by atoms with Crippen molar-refractivity contribution in [2.45, 2.75) is 83.9 Å². The van der Waals surface area contributed by atoms with E-state index in [-0.39, 0.29) is 11.6 Å². The molecule has 40 heavy (non-hydrogen) atoms. The largest absolute Gasteiger partial charge is 0.444 e. The Morgan fingerprint density at radius 2 is 1.80 bits per heavy atom. The van der Waals surface area contributed by atoms with Crippen molar-refractivity contribution >= 4 is 29.2 Å². The second-order valence-corrected chi connectivity index (χ2v) is 12.3. The quantitative estimate of drug-likeness (QED) is 0.441. The van der Waals surface area contributed by atoms with Crippen molar-refractivity contribution in [1.29, 1.82) is 0 Å². The van der Waals surface area contributed by atoms with Crippen LogP contribution in [-0.4, -0.2) is 56.5 Å². The van der Waals surface area contributed by atoms with E-state index in [2.05, 4.69) is 27.7 Å². The molecule has 2 aromatic heterocycles. The summed E-state index contributed by atoms with van der Waals surface area (Å²) in [6.45, 7) is 8.24. The van der Waals surface area contributed by atoms with Crippen LogP contribution in [0.2, 0.25) is 0 Å². The van der Waals surface area contributed by atoms with Gasteiger partial charge in [-0.15, -0.1) is 0 Å². The van der Waals surface area contributed by atoms with Gasteiger partial charge in [-0.1, -0.05) is 49.6 Å². The maximum Gasteiger partial charge on any atom is 0.407 e. The zero-order chi connectivity index (χ0) is 28.3. The van der Waals surface area contributed by atoms with E-state index in [4.69, 9.17) is 14.7 Å². The number of piperidine rings is 1. The summed E-state index contributed by atoms with van der Waals surface area (Å²) in [7, 11) is 1.78. The van der Waals surface area contributed by atoms with Crippen LogP contribution in [0.3, 0.4) is 0 Å². The maximum atomic E-state index is 13.8. The molecule has 1 saturated carbocycles. The van der Waals surface area contributed by atoms with Crippen molar-refractivity contribution in [2.75, 3.05) is 29.9 Å². The lowest BCUT2D eigenvalue weighted by Crippen LogP contribution is -2.49. The minimum absolute atomic E-state index is 0.0860. The molecule has 3 aromatic rings. The molecule has 1 atom stereocenters. The van der Waals surface area contributed by atoms with Crippen molar-refractivity contribution in [3.8, 4) is 0 Å². The summed E-state index contributed by atoms with van der Waals surface area (Å²) in [6.07, 6.45) is 7.60. The normalized spacial score (nSPS) is 18.6. The maximum absolute atomic E-state index is 13.8. The average Bonchev–Trinajstić information content (AvgIpc) is 3.28. The molecule has 2 fully saturated rings. The Balaban J connectivity index is 1.46. The van der Waals surface area contributed by atoms with Crippen LogP contribution in [0.15, 0.2) is 35.1 Å². The molecule has 0 bridgehead atoms. The number of hydrogen-bond acceptors (Lipinski definition) is 7. The highest BCUT2D eigenvalue weighted by atomic mass is 16.6. The fraction of sp³-hybridized carbons (Fsp3) is 0.600. The van der Waals surface area contributed by atoms with Gasteiger partial charge >= 0.3 is 6.09 Å². The van der Waals surface area contributed by atoms with E-state index in [1.807, 2.05) is 43.5 Å². The lowest BCUT2D eigenvalue weighted by molar-refractivity contribution is 0.0499. The monoisotopic (exact) mass is 549 g/mol. The van der Waals surface area contributed by atoms with E-state index in [1.54, 1.807) is 11.6 Å². The number of nitrogens with zero attached hydrogens (tertiary/aromatic N) is 5. The van der Waals surface area contributed by atoms with E-state index in [9.17, 15) is 9.59 Å². The van der Waals surface area contributed by atoms with E-state index in [0.717, 1.165) is 31.5 Å². The van der Waals surface area contributed by atoms with Gasteiger partial charge in [-0.25, -0.2) is 4.79 Å². The Hall–Kier alpha value is -3.56.